The first kappa shape index (κ1) is 18.8. The molecule has 1 aromatic carbocycles. The van der Waals surface area contributed by atoms with Gasteiger partial charge in [-0.2, -0.15) is 4.98 Å². The van der Waals surface area contributed by atoms with E-state index in [1.807, 2.05) is 18.2 Å². The van der Waals surface area contributed by atoms with Crippen LogP contribution in [0.2, 0.25) is 0 Å². The minimum absolute atomic E-state index is 0.602. The third-order valence-corrected chi connectivity index (χ3v) is 5.34. The third kappa shape index (κ3) is 3.83. The Hall–Kier alpha value is -2.58. The molecule has 2 N–H and O–H groups in total. The van der Waals surface area contributed by atoms with Crippen molar-refractivity contribution >= 4 is 11.8 Å². The van der Waals surface area contributed by atoms with Gasteiger partial charge in [0.2, 0.25) is 5.95 Å². The lowest BCUT2D eigenvalue weighted by atomic mass is 10.0. The van der Waals surface area contributed by atoms with E-state index in [9.17, 15) is 0 Å². The number of hydrogen-bond donors (Lipinski definition) is 1. The zero-order valence-electron chi connectivity index (χ0n) is 16.5. The number of aromatic nitrogens is 2. The van der Waals surface area contributed by atoms with Gasteiger partial charge in [0.05, 0.1) is 33.1 Å². The van der Waals surface area contributed by atoms with Gasteiger partial charge in [-0.15, -0.1) is 0 Å². The molecule has 2 aliphatic heterocycles. The summed E-state index contributed by atoms with van der Waals surface area (Å²) in [4.78, 5) is 13.9. The molecule has 1 saturated heterocycles. The molecular formula is C20H27N5O3. The number of nitrogens with two attached hydrogens (primary N) is 1. The monoisotopic (exact) mass is 385 g/mol. The minimum atomic E-state index is 0.602. The molecule has 4 rings (SSSR count). The molecule has 0 unspecified atom stereocenters. The van der Waals surface area contributed by atoms with E-state index in [0.717, 1.165) is 67.5 Å². The zero-order chi connectivity index (χ0) is 19.5. The fourth-order valence-electron chi connectivity index (χ4n) is 3.79. The van der Waals surface area contributed by atoms with Crippen LogP contribution in [-0.2, 0) is 24.2 Å². The first-order valence-electron chi connectivity index (χ1n) is 9.59. The second-order valence-corrected chi connectivity index (χ2v) is 7.07. The summed E-state index contributed by atoms with van der Waals surface area (Å²) >= 11 is 0. The number of rotatable bonds is 5. The van der Waals surface area contributed by atoms with Crippen molar-refractivity contribution in [1.29, 1.82) is 0 Å². The minimum Gasteiger partial charge on any atom is -0.497 e. The highest BCUT2D eigenvalue weighted by Crippen LogP contribution is 2.29. The van der Waals surface area contributed by atoms with Gasteiger partial charge >= 0.3 is 0 Å². The van der Waals surface area contributed by atoms with Crippen molar-refractivity contribution in [1.82, 2.24) is 14.9 Å². The quantitative estimate of drug-likeness (QED) is 0.828. The average molecular weight is 385 g/mol. The predicted octanol–water partition coefficient (Wildman–Crippen LogP) is 1.47. The van der Waals surface area contributed by atoms with Crippen LogP contribution >= 0.6 is 0 Å². The number of ether oxygens (including phenoxy) is 3. The van der Waals surface area contributed by atoms with Crippen LogP contribution in [0.25, 0.3) is 0 Å². The van der Waals surface area contributed by atoms with Gasteiger partial charge in [0, 0.05) is 43.9 Å². The largest absolute Gasteiger partial charge is 0.497 e. The predicted molar refractivity (Wildman–Crippen MR) is 107 cm³/mol. The molecule has 2 aromatic rings. The van der Waals surface area contributed by atoms with E-state index in [4.69, 9.17) is 24.9 Å². The molecule has 0 bridgehead atoms. The van der Waals surface area contributed by atoms with Crippen molar-refractivity contribution in [3.05, 3.63) is 35.0 Å². The average Bonchev–Trinajstić information content (AvgIpc) is 2.74. The van der Waals surface area contributed by atoms with Gasteiger partial charge in [-0.05, 0) is 24.6 Å². The summed E-state index contributed by atoms with van der Waals surface area (Å²) in [5.41, 5.74) is 9.45. The number of methoxy groups -OCH3 is 2. The van der Waals surface area contributed by atoms with Gasteiger partial charge in [0.25, 0.3) is 0 Å². The van der Waals surface area contributed by atoms with Crippen molar-refractivity contribution in [3.63, 3.8) is 0 Å². The summed E-state index contributed by atoms with van der Waals surface area (Å²) in [6.07, 6.45) is 0.844. The number of anilines is 2. The second kappa shape index (κ2) is 8.20. The van der Waals surface area contributed by atoms with Crippen LogP contribution in [0.3, 0.4) is 0 Å². The summed E-state index contributed by atoms with van der Waals surface area (Å²) in [5, 5.41) is 0. The van der Waals surface area contributed by atoms with E-state index in [1.54, 1.807) is 14.2 Å². The van der Waals surface area contributed by atoms with Crippen molar-refractivity contribution in [2.24, 2.45) is 0 Å². The Morgan fingerprint density at radius 2 is 1.93 bits per heavy atom. The van der Waals surface area contributed by atoms with Crippen molar-refractivity contribution in [2.45, 2.75) is 19.5 Å². The first-order chi connectivity index (χ1) is 13.7. The molecule has 0 amide bonds. The van der Waals surface area contributed by atoms with Crippen LogP contribution in [0.5, 0.6) is 11.5 Å². The molecule has 2 aliphatic rings. The number of fused-ring (bicyclic) bond motifs is 1. The molecule has 8 nitrogen and oxygen atoms in total. The Morgan fingerprint density at radius 1 is 1.11 bits per heavy atom. The number of benzene rings is 1. The lowest BCUT2D eigenvalue weighted by Gasteiger charge is -2.31. The summed E-state index contributed by atoms with van der Waals surface area (Å²) in [6.45, 7) is 5.38. The van der Waals surface area contributed by atoms with E-state index < -0.39 is 0 Å². The van der Waals surface area contributed by atoms with Crippen LogP contribution in [0.1, 0.15) is 16.8 Å². The van der Waals surface area contributed by atoms with E-state index >= 15 is 0 Å². The number of hydrogen-bond acceptors (Lipinski definition) is 8. The summed E-state index contributed by atoms with van der Waals surface area (Å²) in [6, 6.07) is 5.89. The van der Waals surface area contributed by atoms with Gasteiger partial charge < -0.3 is 24.8 Å². The van der Waals surface area contributed by atoms with Crippen LogP contribution in [-0.4, -0.2) is 61.9 Å². The van der Waals surface area contributed by atoms with Gasteiger partial charge in [0.15, 0.2) is 0 Å². The fraction of sp³-hybridized carbons (Fsp3) is 0.500. The molecule has 1 aromatic heterocycles. The van der Waals surface area contributed by atoms with E-state index in [1.165, 1.54) is 0 Å². The van der Waals surface area contributed by atoms with Crippen molar-refractivity contribution in [2.75, 3.05) is 57.7 Å². The van der Waals surface area contributed by atoms with Crippen LogP contribution < -0.4 is 20.1 Å². The van der Waals surface area contributed by atoms with Gasteiger partial charge in [-0.3, -0.25) is 4.90 Å². The lowest BCUT2D eigenvalue weighted by Crippen LogP contribution is -2.38. The molecule has 28 heavy (non-hydrogen) atoms. The van der Waals surface area contributed by atoms with Gasteiger partial charge in [-0.1, -0.05) is 0 Å². The molecule has 8 heteroatoms. The number of nitrogens with zero attached hydrogens (tertiary/aromatic N) is 4. The topological polar surface area (TPSA) is 86.0 Å². The Kier molecular flexibility index (Phi) is 5.50. The second-order valence-electron chi connectivity index (χ2n) is 7.07. The Balaban J connectivity index is 1.55. The molecule has 0 spiro atoms. The normalized spacial score (nSPS) is 17.3. The van der Waals surface area contributed by atoms with Crippen LogP contribution in [0.4, 0.5) is 11.8 Å². The molecule has 3 heterocycles. The Bertz CT molecular complexity index is 839. The smallest absolute Gasteiger partial charge is 0.227 e. The van der Waals surface area contributed by atoms with Crippen LogP contribution in [0.15, 0.2) is 18.2 Å². The zero-order valence-corrected chi connectivity index (χ0v) is 16.5. The maximum absolute atomic E-state index is 6.27. The van der Waals surface area contributed by atoms with Crippen molar-refractivity contribution < 1.29 is 14.2 Å². The molecular weight excluding hydrogens is 358 g/mol. The van der Waals surface area contributed by atoms with E-state index in [-0.39, 0.29) is 0 Å². The third-order valence-electron chi connectivity index (χ3n) is 5.34. The molecule has 1 fully saturated rings. The molecule has 150 valence electrons. The van der Waals surface area contributed by atoms with Crippen molar-refractivity contribution in [3.8, 4) is 11.5 Å². The molecule has 0 radical (unpaired) electrons. The Morgan fingerprint density at radius 3 is 2.68 bits per heavy atom. The van der Waals surface area contributed by atoms with Gasteiger partial charge in [-0.25, -0.2) is 4.98 Å². The Labute approximate surface area is 165 Å². The number of morpholine rings is 1. The first-order valence-corrected chi connectivity index (χ1v) is 9.59. The standard InChI is InChI=1S/C20H27N5O3/c1-26-15-3-4-18(27-2)14(11-15)12-24-6-5-16-17(13-24)22-20(23-19(16)21)25-7-9-28-10-8-25/h3-4,11H,5-10,12-13H2,1-2H3,(H2,21,22,23). The maximum Gasteiger partial charge on any atom is 0.227 e. The van der Waals surface area contributed by atoms with Crippen LogP contribution in [0, 0.1) is 0 Å². The number of nitrogen functional groups attached to an aromatic ring is 1. The maximum atomic E-state index is 6.27. The molecule has 0 atom stereocenters. The SMILES string of the molecule is COc1ccc(OC)c(CN2CCc3c(N)nc(N4CCOCC4)nc3C2)c1. The van der Waals surface area contributed by atoms with Gasteiger partial charge in [0.1, 0.15) is 17.3 Å². The van der Waals surface area contributed by atoms with E-state index in [2.05, 4.69) is 14.8 Å². The summed E-state index contributed by atoms with van der Waals surface area (Å²) < 4.78 is 16.3. The van der Waals surface area contributed by atoms with E-state index in [0.29, 0.717) is 25.0 Å². The summed E-state index contributed by atoms with van der Waals surface area (Å²) in [7, 11) is 3.37. The molecule has 0 saturated carbocycles. The highest BCUT2D eigenvalue weighted by atomic mass is 16.5. The highest BCUT2D eigenvalue weighted by molar-refractivity contribution is 5.49. The fourth-order valence-corrected chi connectivity index (χ4v) is 3.79. The lowest BCUT2D eigenvalue weighted by molar-refractivity contribution is 0.122. The molecule has 0 aliphatic carbocycles. The summed E-state index contributed by atoms with van der Waals surface area (Å²) in [5.74, 6) is 3.00. The highest BCUT2D eigenvalue weighted by Gasteiger charge is 2.24.